The zero-order chi connectivity index (χ0) is 39.2. The minimum absolute atomic E-state index is 0.00758. The smallest absolute Gasteiger partial charge is 0.407 e. The molecule has 2 aromatic heterocycles. The number of nitrogens with one attached hydrogen (secondary N) is 4. The quantitative estimate of drug-likeness (QED) is 0.135. The van der Waals surface area contributed by atoms with Crippen LogP contribution in [0.1, 0.15) is 71.1 Å². The van der Waals surface area contributed by atoms with E-state index in [9.17, 15) is 19.2 Å². The van der Waals surface area contributed by atoms with Crippen LogP contribution < -0.4 is 10.6 Å². The Balaban J connectivity index is 1.08. The van der Waals surface area contributed by atoms with E-state index in [-0.39, 0.29) is 35.7 Å². The molecule has 55 heavy (non-hydrogen) atoms. The molecule has 0 aliphatic carbocycles. The summed E-state index contributed by atoms with van der Waals surface area (Å²) in [6, 6.07) is 15.0. The molecule has 2 saturated heterocycles. The lowest BCUT2D eigenvalue weighted by Gasteiger charge is -2.30. The summed E-state index contributed by atoms with van der Waals surface area (Å²) in [6.45, 7) is 8.87. The third-order valence-electron chi connectivity index (χ3n) is 10.7. The average molecular weight is 753 g/mol. The maximum Gasteiger partial charge on any atom is 0.407 e. The molecule has 1 unspecified atom stereocenters. The number of hydrogen-bond acceptors (Lipinski definition) is 8. The van der Waals surface area contributed by atoms with Crippen LogP contribution in [-0.4, -0.2) is 99.2 Å². The topological polar surface area (TPSA) is 175 Å². The zero-order valence-electron chi connectivity index (χ0n) is 32.4. The van der Waals surface area contributed by atoms with Gasteiger partial charge in [-0.05, 0) is 59.8 Å². The van der Waals surface area contributed by atoms with E-state index in [2.05, 4.69) is 79.1 Å². The Labute approximate surface area is 321 Å². The molecule has 2 fully saturated rings. The van der Waals surface area contributed by atoms with Gasteiger partial charge in [0, 0.05) is 25.6 Å². The van der Waals surface area contributed by atoms with Gasteiger partial charge in [-0.2, -0.15) is 0 Å². The SMILES string of the molecule is COC(=O)NC(C(=O)N1CCC[C@H]1Cc1ncc(-c2ccc(-c3ccc(-c4cnc([C@@H]5CCCN5C(=O)[C@@H](NC(=O)OC)C(C)C)[nH]4)cc3)cc2)[nH]1)C(C)C. The first-order valence-corrected chi connectivity index (χ1v) is 19.1. The standard InChI is InChI=1S/C41H52N8O6/c1-24(2)35(46-40(52)54-5)38(50)48-19-7-9-30(48)21-34-42-22-31(44-34)28-15-11-26(12-16-28)27-13-17-29(18-14-27)32-23-43-37(45-32)33-10-8-20-49(33)39(51)36(25(3)4)47-41(53)55-6/h11-18,22-25,30,33,35-36H,7-10,19-21H2,1-6H3,(H,42,44)(H,43,45)(H,46,52)(H,47,53)/t30-,33-,35?,36-/m0/s1. The minimum Gasteiger partial charge on any atom is -0.453 e. The van der Waals surface area contributed by atoms with Crippen molar-refractivity contribution in [2.45, 2.75) is 84.0 Å². The highest BCUT2D eigenvalue weighted by molar-refractivity contribution is 5.87. The number of carbonyl (C=O) groups is 4. The summed E-state index contributed by atoms with van der Waals surface area (Å²) in [5.41, 5.74) is 5.89. The van der Waals surface area contributed by atoms with E-state index >= 15 is 0 Å². The van der Waals surface area contributed by atoms with Crippen molar-refractivity contribution in [3.63, 3.8) is 0 Å². The average Bonchev–Trinajstić information content (AvgIpc) is 4.03. The summed E-state index contributed by atoms with van der Waals surface area (Å²) in [5.74, 6) is 1.13. The molecule has 4 N–H and O–H groups in total. The Kier molecular flexibility index (Phi) is 12.2. The largest absolute Gasteiger partial charge is 0.453 e. The number of H-pyrrole nitrogens is 2. The first-order valence-electron chi connectivity index (χ1n) is 19.1. The van der Waals surface area contributed by atoms with Crippen molar-refractivity contribution in [2.24, 2.45) is 11.8 Å². The van der Waals surface area contributed by atoms with E-state index in [0.717, 1.165) is 71.0 Å². The summed E-state index contributed by atoms with van der Waals surface area (Å²) in [6.07, 6.45) is 6.41. The molecule has 2 aliphatic heterocycles. The van der Waals surface area contributed by atoms with E-state index in [4.69, 9.17) is 9.47 Å². The number of carbonyl (C=O) groups excluding carboxylic acids is 4. The number of rotatable bonds is 12. The van der Waals surface area contributed by atoms with Gasteiger partial charge in [-0.15, -0.1) is 0 Å². The lowest BCUT2D eigenvalue weighted by Crippen LogP contribution is -2.52. The fourth-order valence-electron chi connectivity index (χ4n) is 7.58. The van der Waals surface area contributed by atoms with Crippen molar-refractivity contribution < 1.29 is 28.7 Å². The van der Waals surface area contributed by atoms with Crippen molar-refractivity contribution >= 4 is 24.0 Å². The van der Waals surface area contributed by atoms with Gasteiger partial charge < -0.3 is 39.9 Å². The number of amides is 4. The molecular weight excluding hydrogens is 701 g/mol. The van der Waals surface area contributed by atoms with Crippen molar-refractivity contribution in [3.05, 3.63) is 72.6 Å². The Morgan fingerprint density at radius 1 is 0.691 bits per heavy atom. The molecule has 0 saturated carbocycles. The van der Waals surface area contributed by atoms with Crippen LogP contribution in [0.5, 0.6) is 0 Å². The number of nitrogens with zero attached hydrogens (tertiary/aromatic N) is 4. The summed E-state index contributed by atoms with van der Waals surface area (Å²) in [5, 5.41) is 5.40. The van der Waals surface area contributed by atoms with Crippen LogP contribution in [0.15, 0.2) is 60.9 Å². The highest BCUT2D eigenvalue weighted by Crippen LogP contribution is 2.33. The van der Waals surface area contributed by atoms with E-state index in [0.29, 0.717) is 19.5 Å². The van der Waals surface area contributed by atoms with Crippen LogP contribution in [0.25, 0.3) is 33.6 Å². The maximum atomic E-state index is 13.5. The van der Waals surface area contributed by atoms with Gasteiger partial charge in [0.05, 0.1) is 44.0 Å². The highest BCUT2D eigenvalue weighted by Gasteiger charge is 2.38. The number of aromatic nitrogens is 4. The van der Waals surface area contributed by atoms with Gasteiger partial charge in [0.1, 0.15) is 23.7 Å². The molecule has 2 aliphatic rings. The van der Waals surface area contributed by atoms with E-state index < -0.39 is 24.3 Å². The number of benzene rings is 2. The number of aromatic amines is 2. The minimum atomic E-state index is -0.685. The Bertz CT molecular complexity index is 1950. The van der Waals surface area contributed by atoms with Crippen LogP contribution in [0.2, 0.25) is 0 Å². The van der Waals surface area contributed by atoms with E-state index in [1.165, 1.54) is 14.2 Å². The molecule has 4 amide bonds. The Morgan fingerprint density at radius 3 is 1.71 bits per heavy atom. The molecule has 292 valence electrons. The second-order valence-corrected chi connectivity index (χ2v) is 15.0. The third kappa shape index (κ3) is 8.84. The molecule has 6 rings (SSSR count). The number of likely N-dealkylation sites (tertiary alicyclic amines) is 2. The molecule has 0 radical (unpaired) electrons. The van der Waals surface area contributed by atoms with Crippen LogP contribution in [0, 0.1) is 11.8 Å². The van der Waals surface area contributed by atoms with Gasteiger partial charge in [-0.1, -0.05) is 76.2 Å². The molecule has 4 atom stereocenters. The number of ether oxygens (including phenoxy) is 2. The second kappa shape index (κ2) is 17.2. The first-order chi connectivity index (χ1) is 26.5. The molecule has 2 aromatic carbocycles. The Hall–Kier alpha value is -5.66. The lowest BCUT2D eigenvalue weighted by atomic mass is 10.0. The van der Waals surface area contributed by atoms with Gasteiger partial charge >= 0.3 is 12.2 Å². The van der Waals surface area contributed by atoms with Crippen molar-refractivity contribution in [3.8, 4) is 33.6 Å². The fourth-order valence-corrected chi connectivity index (χ4v) is 7.58. The van der Waals surface area contributed by atoms with Gasteiger partial charge in [-0.25, -0.2) is 19.6 Å². The molecule has 0 spiro atoms. The Morgan fingerprint density at radius 2 is 1.16 bits per heavy atom. The second-order valence-electron chi connectivity index (χ2n) is 15.0. The molecule has 0 bridgehead atoms. The van der Waals surface area contributed by atoms with Crippen molar-refractivity contribution in [1.29, 1.82) is 0 Å². The predicted molar refractivity (Wildman–Crippen MR) is 208 cm³/mol. The molecule has 14 heteroatoms. The lowest BCUT2D eigenvalue weighted by molar-refractivity contribution is -0.136. The number of alkyl carbamates (subject to hydrolysis) is 2. The monoisotopic (exact) mass is 752 g/mol. The summed E-state index contributed by atoms with van der Waals surface area (Å²) in [4.78, 5) is 70.7. The summed E-state index contributed by atoms with van der Waals surface area (Å²) >= 11 is 0. The maximum absolute atomic E-state index is 13.5. The highest BCUT2D eigenvalue weighted by atomic mass is 16.5. The van der Waals surface area contributed by atoms with E-state index in [1.54, 1.807) is 6.20 Å². The van der Waals surface area contributed by atoms with Gasteiger partial charge in [0.15, 0.2) is 0 Å². The van der Waals surface area contributed by atoms with E-state index in [1.807, 2.05) is 43.7 Å². The van der Waals surface area contributed by atoms with Gasteiger partial charge in [-0.3, -0.25) is 9.59 Å². The molecule has 4 heterocycles. The fraction of sp³-hybridized carbons (Fsp3) is 0.463. The van der Waals surface area contributed by atoms with Gasteiger partial charge in [0.25, 0.3) is 0 Å². The third-order valence-corrected chi connectivity index (χ3v) is 10.7. The van der Waals surface area contributed by atoms with Crippen LogP contribution in [0.3, 0.4) is 0 Å². The first kappa shape index (κ1) is 39.0. The summed E-state index contributed by atoms with van der Waals surface area (Å²) in [7, 11) is 2.59. The predicted octanol–water partition coefficient (Wildman–Crippen LogP) is 6.09. The summed E-state index contributed by atoms with van der Waals surface area (Å²) < 4.78 is 9.50. The van der Waals surface area contributed by atoms with Crippen LogP contribution in [0.4, 0.5) is 9.59 Å². The number of methoxy groups -OCH3 is 2. The normalized spacial score (nSPS) is 18.0. The zero-order valence-corrected chi connectivity index (χ0v) is 32.4. The molecule has 4 aromatic rings. The molecular formula is C41H52N8O6. The number of hydrogen-bond donors (Lipinski definition) is 4. The van der Waals surface area contributed by atoms with Gasteiger partial charge in [0.2, 0.25) is 11.8 Å². The van der Waals surface area contributed by atoms with Crippen molar-refractivity contribution in [1.82, 2.24) is 40.4 Å². The van der Waals surface area contributed by atoms with Crippen LogP contribution in [-0.2, 0) is 25.5 Å². The van der Waals surface area contributed by atoms with Crippen LogP contribution >= 0.6 is 0 Å². The number of imidazole rings is 2. The van der Waals surface area contributed by atoms with Crippen molar-refractivity contribution in [2.75, 3.05) is 27.3 Å². The molecule has 14 nitrogen and oxygen atoms in total.